The van der Waals surface area contributed by atoms with Crippen molar-refractivity contribution >= 4 is 37.6 Å². The van der Waals surface area contributed by atoms with Crippen LogP contribution in [-0.2, 0) is 27.8 Å². The predicted octanol–water partition coefficient (Wildman–Crippen LogP) is 7.32. The zero-order chi connectivity index (χ0) is 27.9. The smallest absolute Gasteiger partial charge is 0.315 e. The number of fused-ring (bicyclic) bond motifs is 4. The number of ether oxygens (including phenoxy) is 1. The number of esters is 1. The van der Waals surface area contributed by atoms with Crippen molar-refractivity contribution in [1.82, 2.24) is 0 Å². The van der Waals surface area contributed by atoms with Crippen molar-refractivity contribution in [3.8, 4) is 5.75 Å². The van der Waals surface area contributed by atoms with Crippen LogP contribution in [0.4, 0.5) is 0 Å². The molecule has 0 aromatic heterocycles. The molecular formula is C35H28O5S. The van der Waals surface area contributed by atoms with E-state index in [0.29, 0.717) is 30.6 Å². The van der Waals surface area contributed by atoms with Gasteiger partial charge in [0, 0.05) is 11.8 Å². The molecule has 5 aromatic carbocycles. The lowest BCUT2D eigenvalue weighted by Crippen LogP contribution is -2.38. The fourth-order valence-corrected chi connectivity index (χ4v) is 8.63. The van der Waals surface area contributed by atoms with Gasteiger partial charge in [0.15, 0.2) is 0 Å². The van der Waals surface area contributed by atoms with Crippen LogP contribution in [0.5, 0.6) is 5.75 Å². The molecule has 0 heterocycles. The zero-order valence-electron chi connectivity index (χ0n) is 22.3. The van der Waals surface area contributed by atoms with Gasteiger partial charge in [-0.15, -0.1) is 0 Å². The van der Waals surface area contributed by atoms with Gasteiger partial charge in [-0.3, -0.25) is 9.35 Å². The number of carbonyl (C=O) groups is 1. The molecule has 0 saturated heterocycles. The van der Waals surface area contributed by atoms with Crippen molar-refractivity contribution < 1.29 is 22.5 Å². The van der Waals surface area contributed by atoms with Gasteiger partial charge in [0.2, 0.25) is 0 Å². The van der Waals surface area contributed by atoms with Crippen LogP contribution in [-0.4, -0.2) is 18.9 Å². The fourth-order valence-electron chi connectivity index (χ4n) is 7.86. The molecular weight excluding hydrogens is 532 g/mol. The quantitative estimate of drug-likeness (QED) is 0.142. The maximum atomic E-state index is 14.2. The van der Waals surface area contributed by atoms with Gasteiger partial charge in [-0.05, 0) is 99.2 Å². The Hall–Kier alpha value is -4.00. The lowest BCUT2D eigenvalue weighted by atomic mass is 9.57. The largest absolute Gasteiger partial charge is 0.426 e. The minimum absolute atomic E-state index is 0.0640. The molecule has 0 aliphatic heterocycles. The maximum absolute atomic E-state index is 14.2. The molecule has 0 amide bonds. The summed E-state index contributed by atoms with van der Waals surface area (Å²) < 4.78 is 40.1. The molecule has 0 saturated carbocycles. The molecule has 204 valence electrons. The average molecular weight is 561 g/mol. The molecule has 2 bridgehead atoms. The summed E-state index contributed by atoms with van der Waals surface area (Å²) in [5.74, 6) is -0.345. The molecule has 4 aliphatic carbocycles. The number of benzene rings is 5. The summed E-state index contributed by atoms with van der Waals surface area (Å²) >= 11 is 0. The number of hydrogen-bond donors (Lipinski definition) is 1. The summed E-state index contributed by atoms with van der Waals surface area (Å²) in [4.78, 5) is 14.1. The van der Waals surface area contributed by atoms with Crippen LogP contribution in [0, 0.1) is 5.92 Å². The Morgan fingerprint density at radius 2 is 1.37 bits per heavy atom. The van der Waals surface area contributed by atoms with Crippen molar-refractivity contribution in [2.75, 3.05) is 0 Å². The van der Waals surface area contributed by atoms with Crippen molar-refractivity contribution in [2.45, 2.75) is 48.8 Å². The molecule has 0 fully saturated rings. The number of hydrogen-bond acceptors (Lipinski definition) is 4. The third kappa shape index (κ3) is 3.70. The first kappa shape index (κ1) is 24.8. The number of rotatable bonds is 3. The Morgan fingerprint density at radius 3 is 2.07 bits per heavy atom. The highest BCUT2D eigenvalue weighted by atomic mass is 32.2. The van der Waals surface area contributed by atoms with Gasteiger partial charge >= 0.3 is 5.97 Å². The van der Waals surface area contributed by atoms with Crippen LogP contribution in [0.15, 0.2) is 89.8 Å². The molecule has 3 unspecified atom stereocenters. The minimum atomic E-state index is -4.36. The first-order valence-electron chi connectivity index (χ1n) is 14.3. The second-order valence-electron chi connectivity index (χ2n) is 11.6. The lowest BCUT2D eigenvalue weighted by Gasteiger charge is -2.45. The summed E-state index contributed by atoms with van der Waals surface area (Å²) in [5, 5.41) is 4.76. The molecule has 5 nitrogen and oxygen atoms in total. The molecule has 0 spiro atoms. The highest BCUT2D eigenvalue weighted by Crippen LogP contribution is 2.58. The molecule has 41 heavy (non-hydrogen) atoms. The van der Waals surface area contributed by atoms with E-state index in [-0.39, 0.29) is 28.6 Å². The van der Waals surface area contributed by atoms with Gasteiger partial charge < -0.3 is 4.74 Å². The monoisotopic (exact) mass is 560 g/mol. The Kier molecular flexibility index (Phi) is 5.44. The minimum Gasteiger partial charge on any atom is -0.426 e. The molecule has 1 N–H and O–H groups in total. The average Bonchev–Trinajstić information content (AvgIpc) is 3.00. The van der Waals surface area contributed by atoms with Crippen LogP contribution < -0.4 is 4.74 Å². The number of carbonyl (C=O) groups excluding carboxylic acids is 1. The summed E-state index contributed by atoms with van der Waals surface area (Å²) in [6.07, 6.45) is 3.50. The summed E-state index contributed by atoms with van der Waals surface area (Å²) in [6.45, 7) is 0. The topological polar surface area (TPSA) is 80.7 Å². The van der Waals surface area contributed by atoms with Gasteiger partial charge in [0.25, 0.3) is 10.1 Å². The van der Waals surface area contributed by atoms with E-state index in [1.165, 1.54) is 50.5 Å². The van der Waals surface area contributed by atoms with Crippen molar-refractivity contribution in [3.05, 3.63) is 118 Å². The van der Waals surface area contributed by atoms with E-state index >= 15 is 0 Å². The van der Waals surface area contributed by atoms with Crippen molar-refractivity contribution in [2.24, 2.45) is 5.92 Å². The van der Waals surface area contributed by atoms with E-state index in [1.54, 1.807) is 0 Å². The normalized spacial score (nSPS) is 20.9. The molecule has 3 atom stereocenters. The van der Waals surface area contributed by atoms with E-state index in [1.807, 2.05) is 6.07 Å². The van der Waals surface area contributed by atoms with Gasteiger partial charge in [-0.25, -0.2) is 0 Å². The molecule has 4 aliphatic rings. The van der Waals surface area contributed by atoms with Gasteiger partial charge in [-0.2, -0.15) is 8.42 Å². The van der Waals surface area contributed by atoms with E-state index in [4.69, 9.17) is 4.74 Å². The summed E-state index contributed by atoms with van der Waals surface area (Å²) in [5.41, 5.74) is 6.30. The Labute approximate surface area is 238 Å². The standard InChI is InChI=1S/C35H28O5S/c36-35(40-30-17-18-31(41(37,38)39)25-12-6-5-11-24(25)30)29-19-28-26-15-13-21-8-2-4-10-23(21)33(26)34(29)27-16-14-20-7-1-3-9-22(20)32(27)28/h1-4,7-10,13-18,28-29,34H,5-6,11-12,19H2,(H,37,38,39). The second-order valence-corrected chi connectivity index (χ2v) is 13.0. The Balaban J connectivity index is 1.27. The van der Waals surface area contributed by atoms with Crippen LogP contribution in [0.3, 0.4) is 0 Å². The summed E-state index contributed by atoms with van der Waals surface area (Å²) in [7, 11) is -4.36. The van der Waals surface area contributed by atoms with Gasteiger partial charge in [0.1, 0.15) is 5.75 Å². The van der Waals surface area contributed by atoms with E-state index in [9.17, 15) is 17.8 Å². The van der Waals surface area contributed by atoms with Crippen LogP contribution in [0.2, 0.25) is 0 Å². The fraction of sp³-hybridized carbons (Fsp3) is 0.229. The van der Waals surface area contributed by atoms with Crippen LogP contribution in [0.25, 0.3) is 21.5 Å². The maximum Gasteiger partial charge on any atom is 0.315 e. The highest BCUT2D eigenvalue weighted by molar-refractivity contribution is 7.85. The first-order valence-corrected chi connectivity index (χ1v) is 15.7. The third-order valence-corrected chi connectivity index (χ3v) is 10.4. The molecule has 5 aromatic rings. The first-order chi connectivity index (χ1) is 19.9. The van der Waals surface area contributed by atoms with Crippen LogP contribution >= 0.6 is 0 Å². The Morgan fingerprint density at radius 1 is 0.732 bits per heavy atom. The zero-order valence-corrected chi connectivity index (χ0v) is 23.2. The lowest BCUT2D eigenvalue weighted by molar-refractivity contribution is -0.140. The van der Waals surface area contributed by atoms with E-state index in [0.717, 1.165) is 23.8 Å². The van der Waals surface area contributed by atoms with E-state index in [2.05, 4.69) is 66.7 Å². The van der Waals surface area contributed by atoms with Crippen molar-refractivity contribution in [1.29, 1.82) is 0 Å². The third-order valence-electron chi connectivity index (χ3n) is 9.51. The second kappa shape index (κ2) is 9.00. The molecule has 6 heteroatoms. The summed E-state index contributed by atoms with van der Waals surface area (Å²) in [6, 6.07) is 28.6. The highest BCUT2D eigenvalue weighted by Gasteiger charge is 2.48. The van der Waals surface area contributed by atoms with Crippen LogP contribution in [0.1, 0.15) is 64.5 Å². The SMILES string of the molecule is O=C(Oc1ccc(S(=O)(=O)O)c2c1CCCC2)C1CC2c3ccc4ccccc4c3C1c1ccc3ccccc3c12. The Bertz CT molecular complexity index is 2030. The van der Waals surface area contributed by atoms with Gasteiger partial charge in [-0.1, -0.05) is 72.8 Å². The van der Waals surface area contributed by atoms with Gasteiger partial charge in [0.05, 0.1) is 10.8 Å². The molecule has 0 radical (unpaired) electrons. The predicted molar refractivity (Wildman–Crippen MR) is 158 cm³/mol. The van der Waals surface area contributed by atoms with Crippen molar-refractivity contribution in [3.63, 3.8) is 0 Å². The van der Waals surface area contributed by atoms with E-state index < -0.39 is 10.1 Å². The molecule has 9 rings (SSSR count).